The maximum Gasteiger partial charge on any atom is 0.409 e. The molecular weight excluding hydrogens is 959 g/mol. The molecule has 0 aliphatic carbocycles. The Hall–Kier alpha value is -0.940. The molecule has 2 aromatic rings. The number of nitrogens with zero attached hydrogens (tertiary/aromatic N) is 4. The van der Waals surface area contributed by atoms with E-state index in [1.54, 1.807) is 33.3 Å². The number of alkyl halides is 6. The minimum atomic E-state index is -1.61. The molecule has 11 nitrogen and oxygen atoms in total. The van der Waals surface area contributed by atoms with Gasteiger partial charge in [-0.1, -0.05) is 106 Å². The van der Waals surface area contributed by atoms with Crippen LogP contribution in [-0.4, -0.2) is 147 Å². The molecule has 2 heterocycles. The van der Waals surface area contributed by atoms with Crippen molar-refractivity contribution in [3.63, 3.8) is 0 Å². The standard InChI is InChI=1S/C23H33Cl3N2O4S.C17H24Cl3N3O2S.ClH/c1-22(2,3)32-20(29)15-18(16-33-19-7-5-4-6-8-19)9-10-27-11-13-28(14-12-27)21(30)31-17-23(24,25)26;18-17(19,20)13-25-16(24)23-10-8-22(9-11-23)7-6-14(21)12-26-15-4-2-1-3-5-15;/h4-8,18H,9-17H2,1-3H3;1-5,14H,6-13,21H2;1H/t18-;14-;/m01./s1. The number of carbonyl (C=O) groups excluding carboxylic acids is 3. The fraction of sp³-hybridized carbons (Fsp3) is 0.625. The second-order valence-electron chi connectivity index (χ2n) is 15.2. The Morgan fingerprint density at radius 2 is 1.05 bits per heavy atom. The molecule has 2 aliphatic rings. The second kappa shape index (κ2) is 28.1. The van der Waals surface area contributed by atoms with Gasteiger partial charge in [-0.3, -0.25) is 14.6 Å². The summed E-state index contributed by atoms with van der Waals surface area (Å²) in [4.78, 5) is 46.8. The van der Waals surface area contributed by atoms with Gasteiger partial charge in [0.05, 0.1) is 0 Å². The number of carbonyl (C=O) groups is 3. The van der Waals surface area contributed by atoms with Crippen LogP contribution in [0.15, 0.2) is 70.5 Å². The molecule has 340 valence electrons. The number of ether oxygens (including phenoxy) is 3. The fourth-order valence-electron chi connectivity index (χ4n) is 5.89. The van der Waals surface area contributed by atoms with Crippen LogP contribution in [0.1, 0.15) is 40.0 Å². The van der Waals surface area contributed by atoms with Gasteiger partial charge in [0, 0.05) is 86.1 Å². The molecule has 2 saturated heterocycles. The zero-order valence-corrected chi connectivity index (χ0v) is 41.2. The number of benzene rings is 2. The van der Waals surface area contributed by atoms with Crippen molar-refractivity contribution in [2.24, 2.45) is 11.7 Å². The van der Waals surface area contributed by atoms with Gasteiger partial charge in [-0.15, -0.1) is 35.9 Å². The van der Waals surface area contributed by atoms with Crippen molar-refractivity contribution in [1.29, 1.82) is 0 Å². The Kier molecular flexibility index (Phi) is 25.8. The van der Waals surface area contributed by atoms with Crippen LogP contribution in [-0.2, 0) is 19.0 Å². The van der Waals surface area contributed by atoms with Crippen LogP contribution in [0.3, 0.4) is 0 Å². The van der Waals surface area contributed by atoms with Gasteiger partial charge >= 0.3 is 18.2 Å². The SMILES string of the molecule is CC(C)(C)OC(=O)C[C@H](CCN1CCN(C(=O)OCC(Cl)(Cl)Cl)CC1)CSc1ccccc1.Cl.N[C@H](CCN1CCN(C(=O)OCC(Cl)(Cl)Cl)CC1)CSc1ccccc1. The molecule has 2 atom stereocenters. The molecule has 0 aromatic heterocycles. The predicted octanol–water partition coefficient (Wildman–Crippen LogP) is 9.68. The van der Waals surface area contributed by atoms with Crippen molar-refractivity contribution >= 4 is 124 Å². The Morgan fingerprint density at radius 3 is 1.45 bits per heavy atom. The van der Waals surface area contributed by atoms with E-state index in [0.717, 1.165) is 63.6 Å². The quantitative estimate of drug-likeness (QED) is 0.0750. The average molecular weight is 1020 g/mol. The van der Waals surface area contributed by atoms with E-state index in [9.17, 15) is 14.4 Å². The fourth-order valence-corrected chi connectivity index (χ4v) is 8.20. The van der Waals surface area contributed by atoms with Gasteiger partial charge in [-0.25, -0.2) is 9.59 Å². The summed E-state index contributed by atoms with van der Waals surface area (Å²) in [6.45, 7) is 12.3. The maximum atomic E-state index is 12.5. The number of piperazine rings is 2. The lowest BCUT2D eigenvalue weighted by Gasteiger charge is -2.35. The van der Waals surface area contributed by atoms with Gasteiger partial charge in [-0.2, -0.15) is 0 Å². The molecule has 0 spiro atoms. The summed E-state index contributed by atoms with van der Waals surface area (Å²) >= 11 is 37.2. The molecule has 2 amide bonds. The van der Waals surface area contributed by atoms with Gasteiger partial charge in [-0.05, 0) is 76.9 Å². The van der Waals surface area contributed by atoms with Crippen LogP contribution in [0.5, 0.6) is 0 Å². The van der Waals surface area contributed by atoms with Crippen LogP contribution in [0.4, 0.5) is 9.59 Å². The molecule has 2 N–H and O–H groups in total. The van der Waals surface area contributed by atoms with Gasteiger partial charge in [0.25, 0.3) is 0 Å². The number of esters is 1. The van der Waals surface area contributed by atoms with E-state index < -0.39 is 25.4 Å². The maximum absolute atomic E-state index is 12.5. The molecule has 2 aliphatic heterocycles. The summed E-state index contributed by atoms with van der Waals surface area (Å²) in [7, 11) is 0. The molecular formula is C40H58Cl7N5O6S2. The lowest BCUT2D eigenvalue weighted by atomic mass is 10.0. The molecule has 2 fully saturated rings. The number of amides is 2. The summed E-state index contributed by atoms with van der Waals surface area (Å²) in [5.41, 5.74) is 5.73. The van der Waals surface area contributed by atoms with Gasteiger partial charge in [0.1, 0.15) is 18.8 Å². The number of thioether (sulfide) groups is 2. The Morgan fingerprint density at radius 1 is 0.650 bits per heavy atom. The number of nitrogens with two attached hydrogens (primary N) is 1. The highest BCUT2D eigenvalue weighted by Gasteiger charge is 2.29. The Labute approximate surface area is 400 Å². The third kappa shape index (κ3) is 25.4. The minimum Gasteiger partial charge on any atom is -0.460 e. The third-order valence-electron chi connectivity index (χ3n) is 8.96. The van der Waals surface area contributed by atoms with Crippen molar-refractivity contribution in [3.8, 4) is 0 Å². The zero-order chi connectivity index (χ0) is 43.5. The third-order valence-corrected chi connectivity index (χ3v) is 12.1. The van der Waals surface area contributed by atoms with E-state index in [4.69, 9.17) is 89.5 Å². The highest BCUT2D eigenvalue weighted by molar-refractivity contribution is 7.99. The average Bonchev–Trinajstić information content (AvgIpc) is 3.18. The number of hydrogen-bond acceptors (Lipinski definition) is 11. The molecule has 0 saturated carbocycles. The van der Waals surface area contributed by atoms with Gasteiger partial charge in [0.15, 0.2) is 0 Å². The van der Waals surface area contributed by atoms with Crippen LogP contribution < -0.4 is 5.73 Å². The number of halogens is 7. The normalized spacial score (nSPS) is 16.4. The first-order valence-electron chi connectivity index (χ1n) is 19.5. The predicted molar refractivity (Wildman–Crippen MR) is 252 cm³/mol. The lowest BCUT2D eigenvalue weighted by Crippen LogP contribution is -2.49. The van der Waals surface area contributed by atoms with E-state index in [1.807, 2.05) is 57.2 Å². The first kappa shape index (κ1) is 55.2. The molecule has 60 heavy (non-hydrogen) atoms. The van der Waals surface area contributed by atoms with Crippen LogP contribution in [0.25, 0.3) is 0 Å². The Bertz CT molecular complexity index is 1530. The van der Waals surface area contributed by atoms with E-state index in [0.29, 0.717) is 32.6 Å². The van der Waals surface area contributed by atoms with E-state index in [-0.39, 0.29) is 43.5 Å². The summed E-state index contributed by atoms with van der Waals surface area (Å²) in [5, 5.41) is 0. The summed E-state index contributed by atoms with van der Waals surface area (Å²) in [6, 6.07) is 20.6. The second-order valence-corrected chi connectivity index (χ2v) is 22.5. The van der Waals surface area contributed by atoms with Crippen LogP contribution in [0.2, 0.25) is 0 Å². The monoisotopic (exact) mass is 1010 g/mol. The lowest BCUT2D eigenvalue weighted by molar-refractivity contribution is -0.155. The van der Waals surface area contributed by atoms with Gasteiger partial charge < -0.3 is 29.7 Å². The van der Waals surface area contributed by atoms with Crippen LogP contribution >= 0.6 is 106 Å². The van der Waals surface area contributed by atoms with Crippen molar-refractivity contribution in [1.82, 2.24) is 19.6 Å². The molecule has 0 radical (unpaired) electrons. The van der Waals surface area contributed by atoms with Crippen molar-refractivity contribution in [2.45, 2.75) is 69.1 Å². The van der Waals surface area contributed by atoms with Crippen molar-refractivity contribution < 1.29 is 28.6 Å². The summed E-state index contributed by atoms with van der Waals surface area (Å²) < 4.78 is 12.4. The molecule has 0 unspecified atom stereocenters. The highest BCUT2D eigenvalue weighted by Crippen LogP contribution is 2.28. The van der Waals surface area contributed by atoms with E-state index in [2.05, 4.69) is 34.1 Å². The molecule has 4 rings (SSSR count). The highest BCUT2D eigenvalue weighted by atomic mass is 35.6. The first-order valence-corrected chi connectivity index (χ1v) is 23.7. The summed E-state index contributed by atoms with van der Waals surface area (Å²) in [5.74, 6) is 1.76. The minimum absolute atomic E-state index is 0. The van der Waals surface area contributed by atoms with Crippen molar-refractivity contribution in [2.75, 3.05) is 90.2 Å². The zero-order valence-electron chi connectivity index (χ0n) is 34.3. The Balaban J connectivity index is 0.000000418. The summed E-state index contributed by atoms with van der Waals surface area (Å²) in [6.07, 6.45) is 1.28. The van der Waals surface area contributed by atoms with Crippen molar-refractivity contribution in [3.05, 3.63) is 60.7 Å². The molecule has 0 bridgehead atoms. The number of hydrogen-bond donors (Lipinski definition) is 1. The molecule has 2 aromatic carbocycles. The van der Waals surface area contributed by atoms with Crippen LogP contribution in [0, 0.1) is 5.92 Å². The van der Waals surface area contributed by atoms with E-state index >= 15 is 0 Å². The van der Waals surface area contributed by atoms with Gasteiger partial charge in [0.2, 0.25) is 7.59 Å². The molecule has 20 heteroatoms. The largest absolute Gasteiger partial charge is 0.460 e. The smallest absolute Gasteiger partial charge is 0.409 e. The first-order chi connectivity index (χ1) is 27.7. The topological polar surface area (TPSA) is 118 Å². The van der Waals surface area contributed by atoms with E-state index in [1.165, 1.54) is 9.79 Å². The number of rotatable bonds is 16.